The van der Waals surface area contributed by atoms with E-state index in [1.807, 2.05) is 11.8 Å². The normalized spacial score (nSPS) is 22.5. The van der Waals surface area contributed by atoms with Gasteiger partial charge in [0.25, 0.3) is 0 Å². The zero-order chi connectivity index (χ0) is 14.2. The maximum Gasteiger partial charge on any atom is 0.335 e. The van der Waals surface area contributed by atoms with Gasteiger partial charge in [-0.15, -0.1) is 0 Å². The molecule has 1 unspecified atom stereocenters. The first-order valence-corrected chi connectivity index (χ1v) is 6.01. The zero-order valence-electron chi connectivity index (χ0n) is 10.7. The second-order valence-corrected chi connectivity index (χ2v) is 5.18. The second kappa shape index (κ2) is 4.46. The van der Waals surface area contributed by atoms with Gasteiger partial charge in [0.1, 0.15) is 0 Å². The summed E-state index contributed by atoms with van der Waals surface area (Å²) < 4.78 is 0. The lowest BCUT2D eigenvalue weighted by molar-refractivity contribution is -0.125. The highest BCUT2D eigenvalue weighted by Crippen LogP contribution is 2.35. The first-order chi connectivity index (χ1) is 8.83. The first-order valence-electron chi connectivity index (χ1n) is 6.01. The van der Waals surface area contributed by atoms with E-state index in [1.54, 1.807) is 6.07 Å². The molecule has 6 heteroatoms. The summed E-state index contributed by atoms with van der Waals surface area (Å²) >= 11 is 0. The van der Waals surface area contributed by atoms with Crippen molar-refractivity contribution in [1.82, 2.24) is 0 Å². The fourth-order valence-corrected chi connectivity index (χ4v) is 2.32. The predicted octanol–water partition coefficient (Wildman–Crippen LogP) is 0.669. The quantitative estimate of drug-likeness (QED) is 0.694. The molecule has 1 atom stereocenters. The Labute approximate surface area is 111 Å². The number of rotatable bonds is 3. The molecule has 1 amide bonds. The van der Waals surface area contributed by atoms with Crippen LogP contribution in [0.2, 0.25) is 0 Å². The lowest BCUT2D eigenvalue weighted by Gasteiger charge is -2.24. The van der Waals surface area contributed by atoms with Crippen LogP contribution >= 0.6 is 0 Å². The van der Waals surface area contributed by atoms with Crippen LogP contribution in [-0.2, 0) is 4.79 Å². The van der Waals surface area contributed by atoms with E-state index >= 15 is 0 Å². The average Bonchev–Trinajstić information content (AvgIpc) is 2.73. The number of benzene rings is 1. The lowest BCUT2D eigenvalue weighted by atomic mass is 9.89. The summed E-state index contributed by atoms with van der Waals surface area (Å²) in [5, 5.41) is 9.00. The molecular weight excluding hydrogens is 246 g/mol. The van der Waals surface area contributed by atoms with Crippen LogP contribution in [0.3, 0.4) is 0 Å². The van der Waals surface area contributed by atoms with Crippen LogP contribution in [-0.4, -0.2) is 30.1 Å². The van der Waals surface area contributed by atoms with Gasteiger partial charge < -0.3 is 21.5 Å². The monoisotopic (exact) mass is 263 g/mol. The van der Waals surface area contributed by atoms with Crippen molar-refractivity contribution in [3.63, 3.8) is 0 Å². The standard InChI is InChI=1S/C13H17N3O3/c1-13(12(15)19)4-5-16(7-13)10-6-8(11(17)18)2-3-9(10)14/h2-3,6H,4-5,7,14H2,1H3,(H2,15,19)(H,17,18). The SMILES string of the molecule is CC1(C(N)=O)CCN(c2cc(C(=O)O)ccc2N)C1. The molecule has 0 aliphatic carbocycles. The number of nitrogens with two attached hydrogens (primary N) is 2. The molecule has 0 radical (unpaired) electrons. The van der Waals surface area contributed by atoms with Gasteiger partial charge in [-0.3, -0.25) is 4.79 Å². The van der Waals surface area contributed by atoms with Crippen LogP contribution in [0.25, 0.3) is 0 Å². The molecule has 0 aromatic heterocycles. The van der Waals surface area contributed by atoms with Gasteiger partial charge in [0.2, 0.25) is 5.91 Å². The van der Waals surface area contributed by atoms with E-state index in [9.17, 15) is 9.59 Å². The molecule has 6 nitrogen and oxygen atoms in total. The Kier molecular flexibility index (Phi) is 3.09. The van der Waals surface area contributed by atoms with E-state index in [4.69, 9.17) is 16.6 Å². The number of carbonyl (C=O) groups is 2. The maximum atomic E-state index is 11.4. The molecule has 1 heterocycles. The van der Waals surface area contributed by atoms with Crippen LogP contribution in [0, 0.1) is 5.41 Å². The van der Waals surface area contributed by atoms with Gasteiger partial charge in [-0.2, -0.15) is 0 Å². The molecule has 5 N–H and O–H groups in total. The Morgan fingerprint density at radius 3 is 2.63 bits per heavy atom. The topological polar surface area (TPSA) is 110 Å². The molecule has 1 aromatic carbocycles. The first kappa shape index (κ1) is 13.2. The molecule has 1 aliphatic heterocycles. The summed E-state index contributed by atoms with van der Waals surface area (Å²) in [7, 11) is 0. The third-order valence-corrected chi connectivity index (χ3v) is 3.69. The largest absolute Gasteiger partial charge is 0.478 e. The molecule has 1 aliphatic rings. The number of primary amides is 1. The predicted molar refractivity (Wildman–Crippen MR) is 71.9 cm³/mol. The highest BCUT2D eigenvalue weighted by atomic mass is 16.4. The Morgan fingerprint density at radius 1 is 1.42 bits per heavy atom. The molecule has 1 aromatic rings. The summed E-state index contributed by atoms with van der Waals surface area (Å²) in [5.74, 6) is -1.35. The van der Waals surface area contributed by atoms with Crippen molar-refractivity contribution in [2.75, 3.05) is 23.7 Å². The minimum Gasteiger partial charge on any atom is -0.478 e. The molecule has 1 fully saturated rings. The number of nitrogen functional groups attached to an aromatic ring is 1. The number of amides is 1. The van der Waals surface area contributed by atoms with Crippen molar-refractivity contribution in [3.8, 4) is 0 Å². The van der Waals surface area contributed by atoms with E-state index in [1.165, 1.54) is 12.1 Å². The summed E-state index contributed by atoms with van der Waals surface area (Å²) in [5.41, 5.74) is 12.0. The highest BCUT2D eigenvalue weighted by Gasteiger charge is 2.39. The highest BCUT2D eigenvalue weighted by molar-refractivity contribution is 5.91. The summed E-state index contributed by atoms with van der Waals surface area (Å²) in [6, 6.07) is 4.56. The van der Waals surface area contributed by atoms with Crippen molar-refractivity contribution >= 4 is 23.3 Å². The third-order valence-electron chi connectivity index (χ3n) is 3.69. The van der Waals surface area contributed by atoms with Crippen LogP contribution < -0.4 is 16.4 Å². The van der Waals surface area contributed by atoms with Crippen LogP contribution in [0.15, 0.2) is 18.2 Å². The zero-order valence-corrected chi connectivity index (χ0v) is 10.7. The minimum absolute atomic E-state index is 0.178. The molecule has 0 saturated carbocycles. The number of anilines is 2. The Bertz CT molecular complexity index is 544. The Balaban J connectivity index is 2.31. The third kappa shape index (κ3) is 2.33. The van der Waals surface area contributed by atoms with E-state index < -0.39 is 11.4 Å². The van der Waals surface area contributed by atoms with Crippen LogP contribution in [0.4, 0.5) is 11.4 Å². The van der Waals surface area contributed by atoms with Crippen LogP contribution in [0.5, 0.6) is 0 Å². The molecule has 19 heavy (non-hydrogen) atoms. The fraction of sp³-hybridized carbons (Fsp3) is 0.385. The summed E-state index contributed by atoms with van der Waals surface area (Å²) in [6.07, 6.45) is 0.638. The van der Waals surface area contributed by atoms with Crippen molar-refractivity contribution in [2.24, 2.45) is 11.1 Å². The Morgan fingerprint density at radius 2 is 2.11 bits per heavy atom. The van der Waals surface area contributed by atoms with Gasteiger partial charge in [-0.05, 0) is 31.5 Å². The number of carbonyl (C=O) groups excluding carboxylic acids is 1. The molecule has 2 rings (SSSR count). The Hall–Kier alpha value is -2.24. The molecule has 102 valence electrons. The molecule has 1 saturated heterocycles. The number of carboxylic acid groups (broad SMARTS) is 1. The number of hydrogen-bond donors (Lipinski definition) is 3. The van der Waals surface area contributed by atoms with E-state index in [-0.39, 0.29) is 11.5 Å². The molecular formula is C13H17N3O3. The van der Waals surface area contributed by atoms with Crippen LogP contribution in [0.1, 0.15) is 23.7 Å². The van der Waals surface area contributed by atoms with Gasteiger partial charge in [-0.1, -0.05) is 0 Å². The van der Waals surface area contributed by atoms with Gasteiger partial charge in [0, 0.05) is 13.1 Å². The van der Waals surface area contributed by atoms with Crippen molar-refractivity contribution in [1.29, 1.82) is 0 Å². The van der Waals surface area contributed by atoms with Crippen molar-refractivity contribution < 1.29 is 14.7 Å². The van der Waals surface area contributed by atoms with Gasteiger partial charge >= 0.3 is 5.97 Å². The van der Waals surface area contributed by atoms with Gasteiger partial charge in [0.15, 0.2) is 0 Å². The fourth-order valence-electron chi connectivity index (χ4n) is 2.32. The number of hydrogen-bond acceptors (Lipinski definition) is 4. The average molecular weight is 263 g/mol. The molecule has 0 bridgehead atoms. The number of aromatic carboxylic acids is 1. The lowest BCUT2D eigenvalue weighted by Crippen LogP contribution is -2.37. The van der Waals surface area contributed by atoms with E-state index in [0.717, 1.165) is 0 Å². The van der Waals surface area contributed by atoms with Gasteiger partial charge in [0.05, 0.1) is 22.4 Å². The molecule has 0 spiro atoms. The summed E-state index contributed by atoms with van der Waals surface area (Å²) in [6.45, 7) is 2.90. The maximum absolute atomic E-state index is 11.4. The second-order valence-electron chi connectivity index (χ2n) is 5.18. The number of nitrogens with zero attached hydrogens (tertiary/aromatic N) is 1. The summed E-state index contributed by atoms with van der Waals surface area (Å²) in [4.78, 5) is 24.3. The number of carboxylic acids is 1. The van der Waals surface area contributed by atoms with E-state index in [0.29, 0.717) is 30.9 Å². The van der Waals surface area contributed by atoms with E-state index in [2.05, 4.69) is 0 Å². The minimum atomic E-state index is -1.00. The van der Waals surface area contributed by atoms with Gasteiger partial charge in [-0.25, -0.2) is 4.79 Å². The van der Waals surface area contributed by atoms with Crippen molar-refractivity contribution in [3.05, 3.63) is 23.8 Å². The van der Waals surface area contributed by atoms with Crippen molar-refractivity contribution in [2.45, 2.75) is 13.3 Å². The smallest absolute Gasteiger partial charge is 0.335 e.